The molecular weight excluding hydrogens is 427 g/mol. The van der Waals surface area contributed by atoms with Crippen LogP contribution in [-0.4, -0.2) is 46.8 Å². The number of hydrogen-bond acceptors (Lipinski definition) is 4. The van der Waals surface area contributed by atoms with Crippen LogP contribution in [0, 0.1) is 5.92 Å². The molecule has 2 unspecified atom stereocenters. The number of carbonyl (C=O) groups is 4. The molecule has 0 spiro atoms. The number of amides is 4. The first kappa shape index (κ1) is 22.3. The summed E-state index contributed by atoms with van der Waals surface area (Å²) < 4.78 is 40.9. The molecule has 0 radical (unpaired) electrons. The predicted molar refractivity (Wildman–Crippen MR) is 106 cm³/mol. The number of piperidine rings is 1. The Kier molecular flexibility index (Phi) is 5.96. The third kappa shape index (κ3) is 4.35. The molecule has 10 heteroatoms. The Balaban J connectivity index is 1.50. The monoisotopic (exact) mass is 451 g/mol. The van der Waals surface area contributed by atoms with Gasteiger partial charge in [0.15, 0.2) is 0 Å². The van der Waals surface area contributed by atoms with Gasteiger partial charge in [0.05, 0.1) is 0 Å². The standard InChI is InChI=1S/C22H24F3N3O4/c23-22(24,25)18(12-4-2-1-3-5-12)27-19(30)13-6-7-15-14(10-13)11-28(21(15)32)16-8-9-17(29)26-20(16)31/h6-7,10,12,16,18H,1-5,8-9,11H2,(H,27,30)(H,26,29,31). The fourth-order valence-corrected chi connectivity index (χ4v) is 4.87. The summed E-state index contributed by atoms with van der Waals surface area (Å²) in [6.45, 7) is 0.0485. The maximum absolute atomic E-state index is 13.6. The molecular formula is C22H24F3N3O4. The van der Waals surface area contributed by atoms with Gasteiger partial charge in [-0.15, -0.1) is 0 Å². The molecule has 2 N–H and O–H groups in total. The van der Waals surface area contributed by atoms with Gasteiger partial charge in [0.2, 0.25) is 11.8 Å². The Morgan fingerprint density at radius 1 is 1.09 bits per heavy atom. The van der Waals surface area contributed by atoms with Gasteiger partial charge in [-0.1, -0.05) is 19.3 Å². The van der Waals surface area contributed by atoms with Gasteiger partial charge in [-0.2, -0.15) is 13.2 Å². The van der Waals surface area contributed by atoms with Crippen LogP contribution in [0.2, 0.25) is 0 Å². The summed E-state index contributed by atoms with van der Waals surface area (Å²) in [5, 5.41) is 4.38. The van der Waals surface area contributed by atoms with E-state index in [2.05, 4.69) is 10.6 Å². The maximum atomic E-state index is 13.6. The highest BCUT2D eigenvalue weighted by Crippen LogP contribution is 2.35. The molecule has 0 bridgehead atoms. The van der Waals surface area contributed by atoms with Crippen molar-refractivity contribution in [3.05, 3.63) is 34.9 Å². The SMILES string of the molecule is O=C1CCC(N2Cc3cc(C(=O)NC(C4CCCCC4)C(F)(F)F)ccc3C2=O)C(=O)N1. The Labute approximate surface area is 182 Å². The molecule has 4 amide bonds. The summed E-state index contributed by atoms with van der Waals surface area (Å²) >= 11 is 0. The highest BCUT2D eigenvalue weighted by atomic mass is 19.4. The normalized spacial score (nSPS) is 23.0. The summed E-state index contributed by atoms with van der Waals surface area (Å²) in [5.74, 6) is -2.84. The number of nitrogens with zero attached hydrogens (tertiary/aromatic N) is 1. The molecule has 32 heavy (non-hydrogen) atoms. The van der Waals surface area contributed by atoms with E-state index in [1.54, 1.807) is 0 Å². The van der Waals surface area contributed by atoms with Crippen molar-refractivity contribution in [2.45, 2.75) is 69.8 Å². The molecule has 0 aromatic heterocycles. The van der Waals surface area contributed by atoms with Crippen molar-refractivity contribution < 1.29 is 32.3 Å². The average Bonchev–Trinajstić information content (AvgIpc) is 3.07. The zero-order chi connectivity index (χ0) is 23.0. The Morgan fingerprint density at radius 2 is 1.81 bits per heavy atom. The van der Waals surface area contributed by atoms with Crippen molar-refractivity contribution in [2.75, 3.05) is 0 Å². The molecule has 2 atom stereocenters. The number of fused-ring (bicyclic) bond motifs is 1. The second-order valence-electron chi connectivity index (χ2n) is 8.66. The molecule has 2 fully saturated rings. The van der Waals surface area contributed by atoms with E-state index in [4.69, 9.17) is 0 Å². The van der Waals surface area contributed by atoms with Crippen molar-refractivity contribution in [2.24, 2.45) is 5.92 Å². The van der Waals surface area contributed by atoms with Gasteiger partial charge in [0.25, 0.3) is 11.8 Å². The maximum Gasteiger partial charge on any atom is 0.408 e. The molecule has 1 aromatic rings. The van der Waals surface area contributed by atoms with Crippen LogP contribution in [0.5, 0.6) is 0 Å². The summed E-state index contributed by atoms with van der Waals surface area (Å²) in [5.41, 5.74) is 0.797. The fraction of sp³-hybridized carbons (Fsp3) is 0.545. The van der Waals surface area contributed by atoms with E-state index < -0.39 is 47.8 Å². The molecule has 7 nitrogen and oxygen atoms in total. The van der Waals surface area contributed by atoms with Crippen LogP contribution in [0.4, 0.5) is 13.2 Å². The van der Waals surface area contributed by atoms with Crippen LogP contribution in [0.15, 0.2) is 18.2 Å². The molecule has 1 saturated heterocycles. The zero-order valence-corrected chi connectivity index (χ0v) is 17.3. The van der Waals surface area contributed by atoms with Gasteiger partial charge in [-0.3, -0.25) is 24.5 Å². The second kappa shape index (κ2) is 8.55. The number of benzene rings is 1. The fourth-order valence-electron chi connectivity index (χ4n) is 4.87. The third-order valence-electron chi connectivity index (χ3n) is 6.55. The summed E-state index contributed by atoms with van der Waals surface area (Å²) in [4.78, 5) is 50.2. The number of halogens is 3. The van der Waals surface area contributed by atoms with E-state index in [1.165, 1.54) is 23.1 Å². The molecule has 3 aliphatic rings. The van der Waals surface area contributed by atoms with Crippen LogP contribution >= 0.6 is 0 Å². The minimum atomic E-state index is -4.55. The quantitative estimate of drug-likeness (QED) is 0.688. The third-order valence-corrected chi connectivity index (χ3v) is 6.55. The highest BCUT2D eigenvalue weighted by molar-refractivity contribution is 6.06. The summed E-state index contributed by atoms with van der Waals surface area (Å²) in [6.07, 6.45) is -1.07. The molecule has 4 rings (SSSR count). The lowest BCUT2D eigenvalue weighted by Crippen LogP contribution is -2.52. The van der Waals surface area contributed by atoms with E-state index in [1.807, 2.05) is 0 Å². The van der Waals surface area contributed by atoms with Gasteiger partial charge in [0, 0.05) is 24.1 Å². The topological polar surface area (TPSA) is 95.6 Å². The lowest BCUT2D eigenvalue weighted by Gasteiger charge is -2.32. The van der Waals surface area contributed by atoms with Crippen LogP contribution in [-0.2, 0) is 16.1 Å². The first-order valence-electron chi connectivity index (χ1n) is 10.8. The number of nitrogens with one attached hydrogen (secondary N) is 2. The van der Waals surface area contributed by atoms with Crippen molar-refractivity contribution in [3.63, 3.8) is 0 Å². The van der Waals surface area contributed by atoms with Crippen LogP contribution < -0.4 is 10.6 Å². The number of hydrogen-bond donors (Lipinski definition) is 2. The van der Waals surface area contributed by atoms with E-state index in [0.29, 0.717) is 36.8 Å². The van der Waals surface area contributed by atoms with Gasteiger partial charge in [-0.25, -0.2) is 0 Å². The lowest BCUT2D eigenvalue weighted by molar-refractivity contribution is -0.167. The Bertz CT molecular complexity index is 956. The molecule has 172 valence electrons. The van der Waals surface area contributed by atoms with Crippen molar-refractivity contribution >= 4 is 23.6 Å². The Morgan fingerprint density at radius 3 is 2.47 bits per heavy atom. The molecule has 2 heterocycles. The van der Waals surface area contributed by atoms with E-state index >= 15 is 0 Å². The Hall–Kier alpha value is -2.91. The number of carbonyl (C=O) groups excluding carboxylic acids is 4. The number of alkyl halides is 3. The minimum Gasteiger partial charge on any atom is -0.340 e. The zero-order valence-electron chi connectivity index (χ0n) is 17.3. The first-order chi connectivity index (χ1) is 15.1. The second-order valence-corrected chi connectivity index (χ2v) is 8.66. The van der Waals surface area contributed by atoms with Gasteiger partial charge in [-0.05, 0) is 48.9 Å². The van der Waals surface area contributed by atoms with E-state index in [9.17, 15) is 32.3 Å². The van der Waals surface area contributed by atoms with Crippen molar-refractivity contribution in [1.29, 1.82) is 0 Å². The largest absolute Gasteiger partial charge is 0.408 e. The number of imide groups is 1. The summed E-state index contributed by atoms with van der Waals surface area (Å²) in [6, 6.07) is 1.43. The number of rotatable bonds is 4. The van der Waals surface area contributed by atoms with Gasteiger partial charge >= 0.3 is 6.18 Å². The van der Waals surface area contributed by atoms with Crippen molar-refractivity contribution in [1.82, 2.24) is 15.5 Å². The summed E-state index contributed by atoms with van der Waals surface area (Å²) in [7, 11) is 0. The average molecular weight is 451 g/mol. The lowest BCUT2D eigenvalue weighted by atomic mass is 9.83. The smallest absolute Gasteiger partial charge is 0.340 e. The van der Waals surface area contributed by atoms with Crippen LogP contribution in [0.1, 0.15) is 71.2 Å². The predicted octanol–water partition coefficient (Wildman–Crippen LogP) is 2.69. The van der Waals surface area contributed by atoms with Gasteiger partial charge in [0.1, 0.15) is 12.1 Å². The molecule has 1 aliphatic carbocycles. The van der Waals surface area contributed by atoms with Gasteiger partial charge < -0.3 is 10.2 Å². The van der Waals surface area contributed by atoms with Crippen LogP contribution in [0.25, 0.3) is 0 Å². The van der Waals surface area contributed by atoms with Crippen LogP contribution in [0.3, 0.4) is 0 Å². The first-order valence-corrected chi connectivity index (χ1v) is 10.8. The highest BCUT2D eigenvalue weighted by Gasteiger charge is 2.46. The molecule has 1 aromatic carbocycles. The van der Waals surface area contributed by atoms with Crippen molar-refractivity contribution in [3.8, 4) is 0 Å². The molecule has 2 aliphatic heterocycles. The molecule has 1 saturated carbocycles. The minimum absolute atomic E-state index is 0.0340. The van der Waals surface area contributed by atoms with E-state index in [-0.39, 0.29) is 24.9 Å². The van der Waals surface area contributed by atoms with E-state index in [0.717, 1.165) is 6.42 Å².